The minimum atomic E-state index is 0.0602. The lowest BCUT2D eigenvalue weighted by atomic mass is 10.2. The number of thioether (sulfide) groups is 3. The Hall–Kier alpha value is 0.0200. The van der Waals surface area contributed by atoms with Gasteiger partial charge in [-0.1, -0.05) is 86.8 Å². The van der Waals surface area contributed by atoms with E-state index in [2.05, 4.69) is 37.5 Å². The molecule has 0 radical (unpaired) electrons. The molecule has 0 aromatic carbocycles. The van der Waals surface area contributed by atoms with Crippen LogP contribution in [0.3, 0.4) is 0 Å². The van der Waals surface area contributed by atoms with Crippen LogP contribution in [0.2, 0.25) is 0 Å². The van der Waals surface area contributed by atoms with Crippen molar-refractivity contribution >= 4 is 51.7 Å². The monoisotopic (exact) mass is 362 g/mol. The highest BCUT2D eigenvalue weighted by molar-refractivity contribution is 8.15. The molecule has 0 spiro atoms. The molecular weight excluding hydrogens is 340 g/mol. The van der Waals surface area contributed by atoms with Crippen molar-refractivity contribution in [3.8, 4) is 0 Å². The minimum absolute atomic E-state index is 0.0602. The number of aromatic nitrogens is 2. The van der Waals surface area contributed by atoms with Crippen LogP contribution in [0.4, 0.5) is 0 Å². The first kappa shape index (κ1) is 19.1. The molecule has 0 saturated heterocycles. The zero-order chi connectivity index (χ0) is 15.7. The summed E-state index contributed by atoms with van der Waals surface area (Å²) in [4.78, 5) is 11.5. The van der Waals surface area contributed by atoms with E-state index in [0.29, 0.717) is 10.5 Å². The van der Waals surface area contributed by atoms with E-state index in [1.165, 1.54) is 17.8 Å². The summed E-state index contributed by atoms with van der Waals surface area (Å²) in [6.07, 6.45) is 4.75. The average molecular weight is 363 g/mol. The summed E-state index contributed by atoms with van der Waals surface area (Å²) in [6.45, 7) is 10.0. The average Bonchev–Trinajstić information content (AvgIpc) is 2.88. The largest absolute Gasteiger partial charge is 0.282 e. The van der Waals surface area contributed by atoms with Crippen LogP contribution in [0.25, 0.3) is 0 Å². The summed E-state index contributed by atoms with van der Waals surface area (Å²) in [5.74, 6) is 0.894. The molecule has 1 unspecified atom stereocenters. The van der Waals surface area contributed by atoms with E-state index in [0.717, 1.165) is 33.7 Å². The Bertz CT molecular complexity index is 448. The van der Waals surface area contributed by atoms with Gasteiger partial charge in [0.15, 0.2) is 8.68 Å². The van der Waals surface area contributed by atoms with Gasteiger partial charge in [0.25, 0.3) is 0 Å². The van der Waals surface area contributed by atoms with Crippen molar-refractivity contribution in [3.05, 3.63) is 12.7 Å². The predicted octanol–water partition coefficient (Wildman–Crippen LogP) is 5.14. The van der Waals surface area contributed by atoms with E-state index in [-0.39, 0.29) is 5.12 Å². The molecule has 0 bridgehead atoms. The fourth-order valence-corrected chi connectivity index (χ4v) is 5.91. The van der Waals surface area contributed by atoms with Crippen molar-refractivity contribution < 1.29 is 4.79 Å². The zero-order valence-corrected chi connectivity index (χ0v) is 16.0. The van der Waals surface area contributed by atoms with E-state index >= 15 is 0 Å². The second-order valence-corrected chi connectivity index (χ2v) is 10.1. The van der Waals surface area contributed by atoms with Crippen molar-refractivity contribution in [2.24, 2.45) is 0 Å². The molecule has 0 aliphatic heterocycles. The van der Waals surface area contributed by atoms with Crippen LogP contribution < -0.4 is 0 Å². The van der Waals surface area contributed by atoms with Crippen molar-refractivity contribution in [1.29, 1.82) is 0 Å². The molecule has 0 aliphatic rings. The molecule has 1 aromatic heterocycles. The Kier molecular flexibility index (Phi) is 9.71. The fourth-order valence-electron chi connectivity index (χ4n) is 1.49. The maximum atomic E-state index is 11.5. The second kappa shape index (κ2) is 10.7. The van der Waals surface area contributed by atoms with Crippen molar-refractivity contribution in [2.75, 3.05) is 5.75 Å². The summed E-state index contributed by atoms with van der Waals surface area (Å²) in [5, 5.41) is 9.32. The van der Waals surface area contributed by atoms with Gasteiger partial charge in [0.2, 0.25) is 5.12 Å². The Balaban J connectivity index is 2.48. The number of carbonyl (C=O) groups is 1. The van der Waals surface area contributed by atoms with Crippen molar-refractivity contribution in [2.45, 2.75) is 59.2 Å². The first-order valence-corrected chi connectivity index (χ1v) is 10.6. The SMILES string of the molecule is C=CC(=O)SC(CCCC)CSc1nnc(SC(C)C)s1. The molecule has 1 aromatic rings. The van der Waals surface area contributed by atoms with E-state index in [9.17, 15) is 4.79 Å². The summed E-state index contributed by atoms with van der Waals surface area (Å²) < 4.78 is 2.01. The third-order valence-corrected chi connectivity index (χ3v) is 7.10. The molecule has 3 nitrogen and oxygen atoms in total. The molecule has 0 fully saturated rings. The number of unbranched alkanes of at least 4 members (excludes halogenated alkanes) is 1. The zero-order valence-electron chi connectivity index (χ0n) is 12.7. The number of hydrogen-bond donors (Lipinski definition) is 0. The van der Waals surface area contributed by atoms with Crippen molar-refractivity contribution in [1.82, 2.24) is 10.2 Å². The standard InChI is InChI=1S/C14H22N2OS4/c1-5-7-8-11(20-12(17)6-2)9-18-13-15-16-14(21-13)19-10(3)4/h6,10-11H,2,5,7-9H2,1,3-4H3. The van der Waals surface area contributed by atoms with Gasteiger partial charge in [-0.3, -0.25) is 4.79 Å². The van der Waals surface area contributed by atoms with Crippen LogP contribution in [-0.2, 0) is 4.79 Å². The van der Waals surface area contributed by atoms with Gasteiger partial charge in [-0.2, -0.15) is 0 Å². The van der Waals surface area contributed by atoms with Gasteiger partial charge in [0.05, 0.1) is 0 Å². The molecular formula is C14H22N2OS4. The lowest BCUT2D eigenvalue weighted by molar-refractivity contribution is -0.107. The summed E-state index contributed by atoms with van der Waals surface area (Å²) in [5.41, 5.74) is 0. The fraction of sp³-hybridized carbons (Fsp3) is 0.643. The summed E-state index contributed by atoms with van der Waals surface area (Å²) >= 11 is 6.48. The molecule has 7 heteroatoms. The molecule has 118 valence electrons. The number of carbonyl (C=O) groups excluding carboxylic acids is 1. The molecule has 1 rings (SSSR count). The predicted molar refractivity (Wildman–Crippen MR) is 97.7 cm³/mol. The Labute approximate surface area is 144 Å². The lowest BCUT2D eigenvalue weighted by Crippen LogP contribution is -2.09. The molecule has 1 heterocycles. The van der Waals surface area contributed by atoms with Crippen LogP contribution >= 0.6 is 46.6 Å². The molecule has 0 aliphatic carbocycles. The Morgan fingerprint density at radius 3 is 2.71 bits per heavy atom. The van der Waals surface area contributed by atoms with E-state index in [1.807, 2.05) is 0 Å². The maximum Gasteiger partial charge on any atom is 0.211 e. The normalized spacial score (nSPS) is 12.6. The minimum Gasteiger partial charge on any atom is -0.282 e. The van der Waals surface area contributed by atoms with Crippen molar-refractivity contribution in [3.63, 3.8) is 0 Å². The molecule has 1 atom stereocenters. The first-order chi connectivity index (χ1) is 10.0. The van der Waals surface area contributed by atoms with Crippen LogP contribution in [0.1, 0.15) is 40.0 Å². The Morgan fingerprint density at radius 2 is 2.10 bits per heavy atom. The van der Waals surface area contributed by atoms with Gasteiger partial charge in [0, 0.05) is 16.3 Å². The number of rotatable bonds is 10. The van der Waals surface area contributed by atoms with Gasteiger partial charge in [-0.25, -0.2) is 0 Å². The van der Waals surface area contributed by atoms with E-state index in [1.54, 1.807) is 34.9 Å². The van der Waals surface area contributed by atoms with Gasteiger partial charge in [-0.05, 0) is 12.5 Å². The van der Waals surface area contributed by atoms with Gasteiger partial charge < -0.3 is 0 Å². The molecule has 0 N–H and O–H groups in total. The number of nitrogens with zero attached hydrogens (tertiary/aromatic N) is 2. The lowest BCUT2D eigenvalue weighted by Gasteiger charge is -2.12. The van der Waals surface area contributed by atoms with E-state index < -0.39 is 0 Å². The van der Waals surface area contributed by atoms with Crippen LogP contribution in [-0.4, -0.2) is 31.6 Å². The summed E-state index contributed by atoms with van der Waals surface area (Å²) in [7, 11) is 0. The smallest absolute Gasteiger partial charge is 0.211 e. The highest BCUT2D eigenvalue weighted by Crippen LogP contribution is 2.33. The highest BCUT2D eigenvalue weighted by Gasteiger charge is 2.15. The van der Waals surface area contributed by atoms with Gasteiger partial charge >= 0.3 is 0 Å². The first-order valence-electron chi connectivity index (χ1n) is 7.01. The number of hydrogen-bond acceptors (Lipinski definition) is 7. The molecule has 0 saturated carbocycles. The van der Waals surface area contributed by atoms with Gasteiger partial charge in [-0.15, -0.1) is 10.2 Å². The van der Waals surface area contributed by atoms with Crippen LogP contribution in [0, 0.1) is 0 Å². The van der Waals surface area contributed by atoms with E-state index in [4.69, 9.17) is 0 Å². The van der Waals surface area contributed by atoms with Crippen LogP contribution in [0.15, 0.2) is 21.3 Å². The summed E-state index contributed by atoms with van der Waals surface area (Å²) in [6, 6.07) is 0. The third kappa shape index (κ3) is 8.28. The molecule has 0 amide bonds. The highest BCUT2D eigenvalue weighted by atomic mass is 32.2. The van der Waals surface area contributed by atoms with Crippen LogP contribution in [0.5, 0.6) is 0 Å². The Morgan fingerprint density at radius 1 is 1.38 bits per heavy atom. The maximum absolute atomic E-state index is 11.5. The quantitative estimate of drug-likeness (QED) is 0.424. The third-order valence-electron chi connectivity index (χ3n) is 2.45. The van der Waals surface area contributed by atoms with Gasteiger partial charge in [0.1, 0.15) is 0 Å². The second-order valence-electron chi connectivity index (χ2n) is 4.72. The topological polar surface area (TPSA) is 42.9 Å². The molecule has 21 heavy (non-hydrogen) atoms.